The van der Waals surface area contributed by atoms with E-state index in [1.807, 2.05) is 11.9 Å². The van der Waals surface area contributed by atoms with E-state index in [-0.39, 0.29) is 5.75 Å². The van der Waals surface area contributed by atoms with E-state index in [1.165, 1.54) is 6.92 Å². The van der Waals surface area contributed by atoms with Gasteiger partial charge in [-0.1, -0.05) is 17.7 Å². The third-order valence-corrected chi connectivity index (χ3v) is 6.73. The number of benzene rings is 1. The lowest BCUT2D eigenvalue weighted by Gasteiger charge is -2.24. The lowest BCUT2D eigenvalue weighted by molar-refractivity contribution is -0.183. The molecule has 202 valence electrons. The minimum atomic E-state index is -2.81. The van der Waals surface area contributed by atoms with Crippen LogP contribution in [0.1, 0.15) is 39.5 Å². The van der Waals surface area contributed by atoms with Crippen molar-refractivity contribution in [1.29, 1.82) is 0 Å². The fourth-order valence-electron chi connectivity index (χ4n) is 3.56. The highest BCUT2D eigenvalue weighted by atomic mass is 31.1. The molecule has 0 radical (unpaired) electrons. The monoisotopic (exact) mass is 542 g/mol. The van der Waals surface area contributed by atoms with Crippen molar-refractivity contribution in [2.45, 2.75) is 70.9 Å². The van der Waals surface area contributed by atoms with Crippen LogP contribution >= 0.6 is 8.18 Å². The summed E-state index contributed by atoms with van der Waals surface area (Å²) in [6.07, 6.45) is -4.15. The Morgan fingerprint density at radius 3 is 2.51 bits per heavy atom. The van der Waals surface area contributed by atoms with Gasteiger partial charge < -0.3 is 14.6 Å². The predicted molar refractivity (Wildman–Crippen MR) is 129 cm³/mol. The SMILES string of the molecule is Cc1ccc(O[P+](=O)N(OC[C@H]2O[C@@H](n3ccc(=O)[nH]c3=O)[C@](C)(F)[C@@H]2O)C(C)C(=O)OC(C)C)cc1. The maximum absolute atomic E-state index is 15.5. The number of hydroxylamine groups is 1. The zero-order valence-corrected chi connectivity index (χ0v) is 21.9. The number of H-pyrrole nitrogens is 1. The van der Waals surface area contributed by atoms with E-state index in [0.717, 1.165) is 34.2 Å². The molecule has 2 aromatic rings. The fraction of sp³-hybridized carbons (Fsp3) is 0.522. The summed E-state index contributed by atoms with van der Waals surface area (Å²) in [5.41, 5.74) is -3.14. The number of esters is 1. The Labute approximate surface area is 212 Å². The van der Waals surface area contributed by atoms with Crippen LogP contribution in [-0.2, 0) is 23.7 Å². The average Bonchev–Trinajstić information content (AvgIpc) is 3.03. The first-order valence-electron chi connectivity index (χ1n) is 11.5. The first-order valence-corrected chi connectivity index (χ1v) is 12.6. The van der Waals surface area contributed by atoms with E-state index >= 15 is 4.39 Å². The molecule has 2 heterocycles. The van der Waals surface area contributed by atoms with Crippen LogP contribution in [-0.4, -0.2) is 62.1 Å². The third kappa shape index (κ3) is 6.68. The molecule has 0 aliphatic carbocycles. The highest BCUT2D eigenvalue weighted by Crippen LogP contribution is 2.41. The van der Waals surface area contributed by atoms with Crippen LogP contribution in [0.2, 0.25) is 0 Å². The number of hydrogen-bond donors (Lipinski definition) is 2. The minimum Gasteiger partial charge on any atom is -0.462 e. The number of nitrogens with zero attached hydrogens (tertiary/aromatic N) is 2. The summed E-state index contributed by atoms with van der Waals surface area (Å²) in [5, 5.41) is 10.6. The molecule has 3 rings (SSSR count). The van der Waals surface area contributed by atoms with Crippen LogP contribution in [0.15, 0.2) is 46.1 Å². The molecule has 14 heteroatoms. The molecule has 0 spiro atoms. The Balaban J connectivity index is 1.80. The van der Waals surface area contributed by atoms with Gasteiger partial charge in [0.05, 0.1) is 10.9 Å². The van der Waals surface area contributed by atoms with Gasteiger partial charge in [0.2, 0.25) is 0 Å². The Bertz CT molecular complexity index is 1230. The second kappa shape index (κ2) is 11.6. The molecule has 6 atom stereocenters. The van der Waals surface area contributed by atoms with Crippen molar-refractivity contribution < 1.29 is 37.7 Å². The number of ether oxygens (including phenoxy) is 2. The molecule has 0 saturated carbocycles. The number of aromatic nitrogens is 2. The Morgan fingerprint density at radius 2 is 1.92 bits per heavy atom. The van der Waals surface area contributed by atoms with E-state index in [9.17, 15) is 24.1 Å². The molecule has 1 aromatic carbocycles. The Kier molecular flexibility index (Phi) is 8.98. The molecule has 1 aliphatic rings. The molecule has 2 unspecified atom stereocenters. The molecule has 12 nitrogen and oxygen atoms in total. The lowest BCUT2D eigenvalue weighted by atomic mass is 9.98. The third-order valence-electron chi connectivity index (χ3n) is 5.58. The lowest BCUT2D eigenvalue weighted by Crippen LogP contribution is -2.44. The summed E-state index contributed by atoms with van der Waals surface area (Å²) in [6.45, 7) is 6.99. The summed E-state index contributed by atoms with van der Waals surface area (Å²) in [5.74, 6) is -0.512. The Hall–Kier alpha value is -2.96. The molecule has 1 fully saturated rings. The van der Waals surface area contributed by atoms with Crippen LogP contribution in [0.5, 0.6) is 5.75 Å². The first kappa shape index (κ1) is 28.6. The normalized spacial score (nSPS) is 24.8. The van der Waals surface area contributed by atoms with Gasteiger partial charge in [-0.3, -0.25) is 24.0 Å². The number of aliphatic hydroxyl groups is 1. The van der Waals surface area contributed by atoms with Crippen LogP contribution in [0.3, 0.4) is 0 Å². The van der Waals surface area contributed by atoms with Crippen molar-refractivity contribution in [3.05, 3.63) is 62.9 Å². The van der Waals surface area contributed by atoms with E-state index in [0.29, 0.717) is 0 Å². The predicted octanol–water partition coefficient (Wildman–Crippen LogP) is 2.14. The number of aromatic amines is 1. The van der Waals surface area contributed by atoms with Crippen molar-refractivity contribution in [2.75, 3.05) is 6.61 Å². The molecular formula is C23H30FN3O9P+. The Morgan fingerprint density at radius 1 is 1.27 bits per heavy atom. The molecule has 0 bridgehead atoms. The molecule has 2 N–H and O–H groups in total. The smallest absolute Gasteiger partial charge is 0.462 e. The second-order valence-electron chi connectivity index (χ2n) is 9.04. The van der Waals surface area contributed by atoms with Crippen molar-refractivity contribution in [3.63, 3.8) is 0 Å². The van der Waals surface area contributed by atoms with Gasteiger partial charge in [-0.15, -0.1) is 0 Å². The summed E-state index contributed by atoms with van der Waals surface area (Å²) >= 11 is 0. The largest absolute Gasteiger partial charge is 0.693 e. The van der Waals surface area contributed by atoms with Gasteiger partial charge in [-0.2, -0.15) is 0 Å². The number of nitrogens with one attached hydrogen (secondary N) is 1. The molecule has 1 aromatic heterocycles. The summed E-state index contributed by atoms with van der Waals surface area (Å²) in [7, 11) is -2.81. The van der Waals surface area contributed by atoms with Crippen LogP contribution in [0.4, 0.5) is 4.39 Å². The topological polar surface area (TPSA) is 149 Å². The number of rotatable bonds is 10. The number of aryl methyl sites for hydroxylation is 1. The van der Waals surface area contributed by atoms with E-state index in [4.69, 9.17) is 18.8 Å². The van der Waals surface area contributed by atoms with Gasteiger partial charge in [0.1, 0.15) is 18.8 Å². The average molecular weight is 542 g/mol. The van der Waals surface area contributed by atoms with E-state index in [1.54, 1.807) is 38.1 Å². The van der Waals surface area contributed by atoms with E-state index in [2.05, 4.69) is 0 Å². The van der Waals surface area contributed by atoms with Crippen molar-refractivity contribution >= 4 is 14.1 Å². The summed E-state index contributed by atoms with van der Waals surface area (Å²) < 4.78 is 45.5. The highest BCUT2D eigenvalue weighted by molar-refractivity contribution is 7.36. The number of alkyl halides is 1. The number of carbonyl (C=O) groups excluding carboxylic acids is 1. The van der Waals surface area contributed by atoms with Gasteiger partial charge in [0.15, 0.2) is 23.7 Å². The second-order valence-corrected chi connectivity index (χ2v) is 10.1. The molecule has 37 heavy (non-hydrogen) atoms. The highest BCUT2D eigenvalue weighted by Gasteiger charge is 2.56. The maximum Gasteiger partial charge on any atom is 0.693 e. The van der Waals surface area contributed by atoms with Gasteiger partial charge in [0, 0.05) is 16.8 Å². The molecular weight excluding hydrogens is 512 g/mol. The zero-order valence-electron chi connectivity index (χ0n) is 21.0. The van der Waals surface area contributed by atoms with Crippen LogP contribution in [0.25, 0.3) is 0 Å². The van der Waals surface area contributed by atoms with Crippen LogP contribution in [0, 0.1) is 6.92 Å². The van der Waals surface area contributed by atoms with Gasteiger partial charge >= 0.3 is 19.8 Å². The molecule has 1 saturated heterocycles. The van der Waals surface area contributed by atoms with Crippen LogP contribution < -0.4 is 15.8 Å². The van der Waals surface area contributed by atoms with E-state index < -0.39 is 68.3 Å². The van der Waals surface area contributed by atoms with Crippen molar-refractivity contribution in [2.24, 2.45) is 0 Å². The standard InChI is InChI=1S/C23H29FN3O9P/c1-13(2)34-20(30)15(4)27(37(32)36-16-8-6-14(3)7-9-16)33-12-17-19(29)23(5,24)21(35-17)26-11-10-18(28)25-22(26)31/h6-11,13,15,17,19,21,29H,12H2,1-5H3/p+1/t15?,17-,19-,21-,23-/m1/s1. The summed E-state index contributed by atoms with van der Waals surface area (Å²) in [6, 6.07) is 6.44. The van der Waals surface area contributed by atoms with Gasteiger partial charge in [-0.05, 0) is 46.8 Å². The molecule has 0 amide bonds. The number of halogens is 1. The number of carbonyl (C=O) groups is 1. The first-order chi connectivity index (χ1) is 17.3. The minimum absolute atomic E-state index is 0.246. The van der Waals surface area contributed by atoms with Crippen molar-refractivity contribution in [1.82, 2.24) is 14.4 Å². The maximum atomic E-state index is 15.5. The van der Waals surface area contributed by atoms with Gasteiger partial charge in [0.25, 0.3) is 5.56 Å². The summed E-state index contributed by atoms with van der Waals surface area (Å²) in [4.78, 5) is 44.4. The fourth-order valence-corrected chi connectivity index (χ4v) is 4.48. The number of hydrogen-bond acceptors (Lipinski definition) is 9. The van der Waals surface area contributed by atoms with Gasteiger partial charge in [-0.25, -0.2) is 13.7 Å². The molecule has 1 aliphatic heterocycles. The zero-order chi connectivity index (χ0) is 27.5. The quantitative estimate of drug-likeness (QED) is 0.260. The van der Waals surface area contributed by atoms with Crippen molar-refractivity contribution in [3.8, 4) is 5.75 Å². The number of aliphatic hydroxyl groups excluding tert-OH is 1.